The van der Waals surface area contributed by atoms with E-state index in [1.54, 1.807) is 25.3 Å². The summed E-state index contributed by atoms with van der Waals surface area (Å²) in [6.07, 6.45) is 0.344. The van der Waals surface area contributed by atoms with E-state index in [1.807, 2.05) is 12.1 Å². The number of rotatable bonds is 6. The zero-order valence-corrected chi connectivity index (χ0v) is 15.9. The van der Waals surface area contributed by atoms with Crippen molar-refractivity contribution in [3.05, 3.63) is 53.1 Å². The second-order valence-corrected chi connectivity index (χ2v) is 7.33. The highest BCUT2D eigenvalue weighted by Gasteiger charge is 2.13. The van der Waals surface area contributed by atoms with Crippen LogP contribution in [0.15, 0.2) is 42.5 Å². The fraction of sp³-hybridized carbons (Fsp3) is 0.350. The van der Waals surface area contributed by atoms with Gasteiger partial charge in [0.05, 0.1) is 12.8 Å². The van der Waals surface area contributed by atoms with E-state index in [0.717, 1.165) is 5.69 Å². The smallest absolute Gasteiger partial charge is 0.226 e. The summed E-state index contributed by atoms with van der Waals surface area (Å²) in [5, 5.41) is 6.64. The highest BCUT2D eigenvalue weighted by atomic mass is 35.5. The molecule has 4 nitrogen and oxygen atoms in total. The average molecular weight is 361 g/mol. The Morgan fingerprint density at radius 1 is 1.12 bits per heavy atom. The second kappa shape index (κ2) is 8.26. The van der Waals surface area contributed by atoms with Gasteiger partial charge >= 0.3 is 0 Å². The van der Waals surface area contributed by atoms with Crippen LogP contribution >= 0.6 is 11.6 Å². The van der Waals surface area contributed by atoms with Gasteiger partial charge in [0.25, 0.3) is 0 Å². The van der Waals surface area contributed by atoms with Gasteiger partial charge in [-0.25, -0.2) is 0 Å². The molecule has 0 saturated carbocycles. The number of benzene rings is 2. The fourth-order valence-corrected chi connectivity index (χ4v) is 2.57. The minimum atomic E-state index is -0.0978. The Morgan fingerprint density at radius 3 is 2.40 bits per heavy atom. The lowest BCUT2D eigenvalue weighted by Gasteiger charge is -2.19. The van der Waals surface area contributed by atoms with Crippen LogP contribution in [0.4, 0.5) is 11.4 Å². The third kappa shape index (κ3) is 5.68. The Kier molecular flexibility index (Phi) is 6.32. The van der Waals surface area contributed by atoms with Gasteiger partial charge in [-0.2, -0.15) is 0 Å². The Morgan fingerprint density at radius 2 is 1.80 bits per heavy atom. The van der Waals surface area contributed by atoms with Crippen LogP contribution in [0, 0.1) is 0 Å². The SMILES string of the molecule is COc1ccc(Cl)cc1NC(=O)CCNc1ccc(C(C)(C)C)cc1. The highest BCUT2D eigenvalue weighted by Crippen LogP contribution is 2.27. The molecule has 2 aromatic carbocycles. The summed E-state index contributed by atoms with van der Waals surface area (Å²) in [7, 11) is 1.56. The van der Waals surface area contributed by atoms with Crippen LogP contribution in [-0.2, 0) is 10.2 Å². The number of nitrogens with one attached hydrogen (secondary N) is 2. The van der Waals surface area contributed by atoms with E-state index < -0.39 is 0 Å². The van der Waals surface area contributed by atoms with Gasteiger partial charge in [-0.1, -0.05) is 44.5 Å². The third-order valence-electron chi connectivity index (χ3n) is 3.87. The summed E-state index contributed by atoms with van der Waals surface area (Å²) in [6, 6.07) is 13.4. The Balaban J connectivity index is 1.86. The zero-order chi connectivity index (χ0) is 18.4. The Bertz CT molecular complexity index is 721. The molecule has 134 valence electrons. The van der Waals surface area contributed by atoms with Crippen LogP contribution in [0.5, 0.6) is 5.75 Å². The van der Waals surface area contributed by atoms with Gasteiger partial charge in [-0.05, 0) is 41.3 Å². The van der Waals surface area contributed by atoms with Crippen molar-refractivity contribution in [2.24, 2.45) is 0 Å². The van der Waals surface area contributed by atoms with E-state index in [1.165, 1.54) is 5.56 Å². The van der Waals surface area contributed by atoms with Crippen molar-refractivity contribution in [3.8, 4) is 5.75 Å². The number of amides is 1. The molecule has 5 heteroatoms. The topological polar surface area (TPSA) is 50.4 Å². The molecule has 25 heavy (non-hydrogen) atoms. The first-order valence-electron chi connectivity index (χ1n) is 8.27. The van der Waals surface area contributed by atoms with E-state index >= 15 is 0 Å². The van der Waals surface area contributed by atoms with Gasteiger partial charge in [-0.15, -0.1) is 0 Å². The Hall–Kier alpha value is -2.20. The number of ether oxygens (including phenoxy) is 1. The van der Waals surface area contributed by atoms with Crippen LogP contribution < -0.4 is 15.4 Å². The van der Waals surface area contributed by atoms with Crippen LogP contribution in [0.1, 0.15) is 32.8 Å². The molecule has 0 aromatic heterocycles. The van der Waals surface area contributed by atoms with E-state index in [2.05, 4.69) is 43.5 Å². The molecule has 0 aliphatic carbocycles. The van der Waals surface area contributed by atoms with E-state index in [-0.39, 0.29) is 11.3 Å². The Labute approximate surface area is 154 Å². The maximum absolute atomic E-state index is 12.1. The number of methoxy groups -OCH3 is 1. The van der Waals surface area contributed by atoms with Crippen LogP contribution in [0.25, 0.3) is 0 Å². The first kappa shape index (κ1) is 19.1. The first-order valence-corrected chi connectivity index (χ1v) is 8.65. The number of anilines is 2. The minimum Gasteiger partial charge on any atom is -0.495 e. The van der Waals surface area contributed by atoms with Gasteiger partial charge in [0.1, 0.15) is 5.75 Å². The van der Waals surface area contributed by atoms with Crippen molar-refractivity contribution in [2.75, 3.05) is 24.3 Å². The largest absolute Gasteiger partial charge is 0.495 e. The number of halogens is 1. The molecule has 2 rings (SSSR count). The van der Waals surface area contributed by atoms with E-state index in [4.69, 9.17) is 16.3 Å². The van der Waals surface area contributed by atoms with Gasteiger partial charge in [-0.3, -0.25) is 4.79 Å². The first-order chi connectivity index (χ1) is 11.8. The molecular formula is C20H25ClN2O2. The monoisotopic (exact) mass is 360 g/mol. The molecule has 0 bridgehead atoms. The van der Waals surface area contributed by atoms with Gasteiger partial charge in [0, 0.05) is 23.7 Å². The number of hydrogen-bond acceptors (Lipinski definition) is 3. The summed E-state index contributed by atoms with van der Waals surface area (Å²) in [6.45, 7) is 7.10. The minimum absolute atomic E-state index is 0.0978. The lowest BCUT2D eigenvalue weighted by Crippen LogP contribution is -2.17. The second-order valence-electron chi connectivity index (χ2n) is 6.90. The molecule has 2 aromatic rings. The molecule has 2 N–H and O–H groups in total. The van der Waals surface area contributed by atoms with Crippen molar-refractivity contribution >= 4 is 28.9 Å². The molecule has 0 spiro atoms. The molecule has 0 aliphatic heterocycles. The van der Waals surface area contributed by atoms with E-state index in [0.29, 0.717) is 29.4 Å². The number of carbonyl (C=O) groups excluding carboxylic acids is 1. The average Bonchev–Trinajstić information content (AvgIpc) is 2.55. The number of carbonyl (C=O) groups is 1. The lowest BCUT2D eigenvalue weighted by atomic mass is 9.87. The third-order valence-corrected chi connectivity index (χ3v) is 4.10. The maximum Gasteiger partial charge on any atom is 0.226 e. The maximum atomic E-state index is 12.1. The molecule has 0 heterocycles. The summed E-state index contributed by atoms with van der Waals surface area (Å²) in [4.78, 5) is 12.1. The molecular weight excluding hydrogens is 336 g/mol. The van der Waals surface area contributed by atoms with Gasteiger partial charge in [0.2, 0.25) is 5.91 Å². The van der Waals surface area contributed by atoms with Gasteiger partial charge in [0.15, 0.2) is 0 Å². The molecule has 0 unspecified atom stereocenters. The number of hydrogen-bond donors (Lipinski definition) is 2. The fourth-order valence-electron chi connectivity index (χ4n) is 2.40. The molecule has 0 fully saturated rings. The summed E-state index contributed by atoms with van der Waals surface area (Å²) >= 11 is 5.97. The van der Waals surface area contributed by atoms with Crippen molar-refractivity contribution in [2.45, 2.75) is 32.6 Å². The van der Waals surface area contributed by atoms with Gasteiger partial charge < -0.3 is 15.4 Å². The highest BCUT2D eigenvalue weighted by molar-refractivity contribution is 6.31. The molecule has 0 atom stereocenters. The molecule has 0 radical (unpaired) electrons. The molecule has 0 aliphatic rings. The van der Waals surface area contributed by atoms with Crippen LogP contribution in [-0.4, -0.2) is 19.6 Å². The van der Waals surface area contributed by atoms with Crippen molar-refractivity contribution in [3.63, 3.8) is 0 Å². The summed E-state index contributed by atoms with van der Waals surface area (Å²) in [5.41, 5.74) is 2.99. The quantitative estimate of drug-likeness (QED) is 0.754. The van der Waals surface area contributed by atoms with Crippen molar-refractivity contribution < 1.29 is 9.53 Å². The molecule has 1 amide bonds. The molecule has 0 saturated heterocycles. The van der Waals surface area contributed by atoms with Crippen molar-refractivity contribution in [1.82, 2.24) is 0 Å². The summed E-state index contributed by atoms with van der Waals surface area (Å²) in [5.74, 6) is 0.489. The normalized spacial score (nSPS) is 11.1. The van der Waals surface area contributed by atoms with Crippen LogP contribution in [0.3, 0.4) is 0 Å². The predicted octanol–water partition coefficient (Wildman–Crippen LogP) is 5.09. The lowest BCUT2D eigenvalue weighted by molar-refractivity contribution is -0.116. The van der Waals surface area contributed by atoms with E-state index in [9.17, 15) is 4.79 Å². The van der Waals surface area contributed by atoms with Crippen LogP contribution in [0.2, 0.25) is 5.02 Å². The predicted molar refractivity (Wildman–Crippen MR) is 105 cm³/mol. The standard InChI is InChI=1S/C20H25ClN2O2/c1-20(2,3)14-5-8-16(9-6-14)22-12-11-19(24)23-17-13-15(21)7-10-18(17)25-4/h5-10,13,22H,11-12H2,1-4H3,(H,23,24). The van der Waals surface area contributed by atoms with Crippen molar-refractivity contribution in [1.29, 1.82) is 0 Å². The zero-order valence-electron chi connectivity index (χ0n) is 15.2. The summed E-state index contributed by atoms with van der Waals surface area (Å²) < 4.78 is 5.22.